The van der Waals surface area contributed by atoms with Gasteiger partial charge in [-0.25, -0.2) is 0 Å². The molecule has 0 aliphatic rings. The maximum atomic E-state index is 6.19. The summed E-state index contributed by atoms with van der Waals surface area (Å²) in [5.74, 6) is 0. The zero-order chi connectivity index (χ0) is 14.0. The topological polar surface area (TPSA) is 37.8 Å². The molecule has 0 amide bonds. The minimum absolute atomic E-state index is 0.0687. The summed E-state index contributed by atoms with van der Waals surface area (Å²) in [6.07, 6.45) is 0. The minimum atomic E-state index is 0.0687. The highest BCUT2D eigenvalue weighted by Crippen LogP contribution is 2.32. The second-order valence-corrected chi connectivity index (χ2v) is 7.61. The summed E-state index contributed by atoms with van der Waals surface area (Å²) in [4.78, 5) is 0. The van der Waals surface area contributed by atoms with Crippen molar-refractivity contribution >= 4 is 38.9 Å². The maximum Gasteiger partial charge on any atom is 0.149 e. The lowest BCUT2D eigenvalue weighted by molar-refractivity contribution is 0.423. The highest BCUT2D eigenvalue weighted by molar-refractivity contribution is 9.10. The Hall–Kier alpha value is -0.490. The molecule has 19 heavy (non-hydrogen) atoms. The molecule has 1 aromatic carbocycles. The van der Waals surface area contributed by atoms with Gasteiger partial charge < -0.3 is 5.32 Å². The van der Waals surface area contributed by atoms with E-state index in [0.29, 0.717) is 11.6 Å². The lowest BCUT2D eigenvalue weighted by Gasteiger charge is -2.19. The molecule has 0 spiro atoms. The van der Waals surface area contributed by atoms with Crippen molar-refractivity contribution in [2.75, 3.05) is 0 Å². The zero-order valence-electron chi connectivity index (χ0n) is 11.0. The van der Waals surface area contributed by atoms with E-state index in [1.54, 1.807) is 11.3 Å². The Kier molecular flexibility index (Phi) is 4.61. The Morgan fingerprint density at radius 2 is 2.05 bits per heavy atom. The van der Waals surface area contributed by atoms with Gasteiger partial charge in [0.05, 0.1) is 11.6 Å². The van der Waals surface area contributed by atoms with Gasteiger partial charge in [0.1, 0.15) is 10.0 Å². The largest absolute Gasteiger partial charge is 0.306 e. The predicted octanol–water partition coefficient (Wildman–Crippen LogP) is 4.51. The van der Waals surface area contributed by atoms with Crippen molar-refractivity contribution in [3.63, 3.8) is 0 Å². The van der Waals surface area contributed by atoms with Gasteiger partial charge in [-0.1, -0.05) is 38.9 Å². The number of benzene rings is 1. The van der Waals surface area contributed by atoms with E-state index in [0.717, 1.165) is 20.1 Å². The van der Waals surface area contributed by atoms with Gasteiger partial charge in [-0.3, -0.25) is 0 Å². The summed E-state index contributed by atoms with van der Waals surface area (Å²) in [6.45, 7) is 7.09. The van der Waals surface area contributed by atoms with Crippen molar-refractivity contribution in [2.45, 2.75) is 32.9 Å². The molecule has 0 aliphatic carbocycles. The van der Waals surface area contributed by atoms with E-state index in [1.807, 2.05) is 18.2 Å². The minimum Gasteiger partial charge on any atom is -0.306 e. The van der Waals surface area contributed by atoms with E-state index < -0.39 is 0 Å². The first-order valence-corrected chi connectivity index (χ1v) is 7.87. The van der Waals surface area contributed by atoms with Crippen molar-refractivity contribution < 1.29 is 0 Å². The van der Waals surface area contributed by atoms with E-state index in [-0.39, 0.29) is 5.54 Å². The van der Waals surface area contributed by atoms with Gasteiger partial charge in [0.2, 0.25) is 0 Å². The number of aromatic nitrogens is 2. The number of hydrogen-bond donors (Lipinski definition) is 1. The number of rotatable bonds is 3. The molecule has 0 bridgehead atoms. The van der Waals surface area contributed by atoms with Crippen molar-refractivity contribution in [2.24, 2.45) is 0 Å². The molecular formula is C13H15BrClN3S. The van der Waals surface area contributed by atoms with Crippen LogP contribution < -0.4 is 5.32 Å². The van der Waals surface area contributed by atoms with Crippen LogP contribution in [0.2, 0.25) is 5.02 Å². The molecule has 2 rings (SSSR count). The van der Waals surface area contributed by atoms with E-state index in [1.165, 1.54) is 0 Å². The molecule has 1 aromatic heterocycles. The predicted molar refractivity (Wildman–Crippen MR) is 84.6 cm³/mol. The van der Waals surface area contributed by atoms with Gasteiger partial charge in [-0.2, -0.15) is 0 Å². The van der Waals surface area contributed by atoms with Crippen LogP contribution in [0.15, 0.2) is 22.7 Å². The van der Waals surface area contributed by atoms with Crippen molar-refractivity contribution in [3.05, 3.63) is 32.7 Å². The van der Waals surface area contributed by atoms with Crippen LogP contribution in [-0.4, -0.2) is 15.7 Å². The Balaban J connectivity index is 2.19. The van der Waals surface area contributed by atoms with E-state index in [2.05, 4.69) is 52.2 Å². The first-order valence-electron chi connectivity index (χ1n) is 5.88. The van der Waals surface area contributed by atoms with Gasteiger partial charge in [0, 0.05) is 15.6 Å². The molecule has 2 aromatic rings. The highest BCUT2D eigenvalue weighted by Gasteiger charge is 2.13. The van der Waals surface area contributed by atoms with Gasteiger partial charge in [0.25, 0.3) is 0 Å². The standard InChI is InChI=1S/C13H15BrClN3S/c1-13(2,3)16-7-11-17-18-12(19-11)9-6-8(14)4-5-10(9)15/h4-6,16H,7H2,1-3H3. The Morgan fingerprint density at radius 3 is 2.74 bits per heavy atom. The lowest BCUT2D eigenvalue weighted by Crippen LogP contribution is -2.35. The summed E-state index contributed by atoms with van der Waals surface area (Å²) < 4.78 is 0.983. The Bertz CT molecular complexity index is 578. The van der Waals surface area contributed by atoms with E-state index >= 15 is 0 Å². The van der Waals surface area contributed by atoms with Gasteiger partial charge >= 0.3 is 0 Å². The molecule has 3 nitrogen and oxygen atoms in total. The quantitative estimate of drug-likeness (QED) is 0.875. The molecule has 0 radical (unpaired) electrons. The van der Waals surface area contributed by atoms with Crippen LogP contribution in [0.1, 0.15) is 25.8 Å². The average molecular weight is 361 g/mol. The second-order valence-electron chi connectivity index (χ2n) is 5.23. The third-order valence-electron chi connectivity index (χ3n) is 2.40. The van der Waals surface area contributed by atoms with Crippen LogP contribution in [0, 0.1) is 0 Å². The maximum absolute atomic E-state index is 6.19. The first-order chi connectivity index (χ1) is 8.85. The first kappa shape index (κ1) is 14.9. The van der Waals surface area contributed by atoms with Crippen LogP contribution in [-0.2, 0) is 6.54 Å². The summed E-state index contributed by atoms with van der Waals surface area (Å²) >= 11 is 11.2. The third-order valence-corrected chi connectivity index (χ3v) is 4.17. The van der Waals surface area contributed by atoms with Gasteiger partial charge in [-0.05, 0) is 39.0 Å². The van der Waals surface area contributed by atoms with E-state index in [4.69, 9.17) is 11.6 Å². The molecule has 0 atom stereocenters. The molecular weight excluding hydrogens is 346 g/mol. The van der Waals surface area contributed by atoms with Crippen LogP contribution in [0.4, 0.5) is 0 Å². The lowest BCUT2D eigenvalue weighted by atomic mass is 10.1. The van der Waals surface area contributed by atoms with Crippen LogP contribution >= 0.6 is 38.9 Å². The number of halogens is 2. The monoisotopic (exact) mass is 359 g/mol. The van der Waals surface area contributed by atoms with Crippen molar-refractivity contribution in [1.82, 2.24) is 15.5 Å². The molecule has 0 unspecified atom stereocenters. The van der Waals surface area contributed by atoms with Crippen LogP contribution in [0.25, 0.3) is 10.6 Å². The van der Waals surface area contributed by atoms with Gasteiger partial charge in [0.15, 0.2) is 0 Å². The fourth-order valence-electron chi connectivity index (χ4n) is 1.44. The molecule has 1 N–H and O–H groups in total. The second kappa shape index (κ2) is 5.87. The average Bonchev–Trinajstić information content (AvgIpc) is 2.77. The molecule has 102 valence electrons. The summed E-state index contributed by atoms with van der Waals surface area (Å²) in [7, 11) is 0. The summed E-state index contributed by atoms with van der Waals surface area (Å²) in [6, 6.07) is 5.73. The Morgan fingerprint density at radius 1 is 1.32 bits per heavy atom. The van der Waals surface area contributed by atoms with E-state index in [9.17, 15) is 0 Å². The number of hydrogen-bond acceptors (Lipinski definition) is 4. The molecule has 6 heteroatoms. The van der Waals surface area contributed by atoms with Crippen molar-refractivity contribution in [3.8, 4) is 10.6 Å². The Labute approximate surface area is 130 Å². The molecule has 0 saturated heterocycles. The fraction of sp³-hybridized carbons (Fsp3) is 0.385. The summed E-state index contributed by atoms with van der Waals surface area (Å²) in [5, 5.41) is 14.3. The molecule has 0 aliphatic heterocycles. The number of nitrogens with one attached hydrogen (secondary N) is 1. The molecule has 0 saturated carbocycles. The molecule has 0 fully saturated rings. The normalized spacial score (nSPS) is 11.8. The van der Waals surface area contributed by atoms with Crippen LogP contribution in [0.5, 0.6) is 0 Å². The summed E-state index contributed by atoms with van der Waals surface area (Å²) in [5.41, 5.74) is 0.981. The third kappa shape index (κ3) is 4.24. The molecule has 1 heterocycles. The highest BCUT2D eigenvalue weighted by atomic mass is 79.9. The smallest absolute Gasteiger partial charge is 0.149 e. The fourth-order valence-corrected chi connectivity index (χ4v) is 2.87. The van der Waals surface area contributed by atoms with Crippen molar-refractivity contribution in [1.29, 1.82) is 0 Å². The SMILES string of the molecule is CC(C)(C)NCc1nnc(-c2cc(Br)ccc2Cl)s1. The number of nitrogens with zero attached hydrogens (tertiary/aromatic N) is 2. The zero-order valence-corrected chi connectivity index (χ0v) is 14.2. The van der Waals surface area contributed by atoms with Crippen LogP contribution in [0.3, 0.4) is 0 Å². The van der Waals surface area contributed by atoms with Gasteiger partial charge in [-0.15, -0.1) is 10.2 Å².